The summed E-state index contributed by atoms with van der Waals surface area (Å²) in [5.41, 5.74) is 0.836. The summed E-state index contributed by atoms with van der Waals surface area (Å²) in [7, 11) is -3.04. The van der Waals surface area contributed by atoms with E-state index in [0.717, 1.165) is 5.69 Å². The van der Waals surface area contributed by atoms with E-state index in [1.165, 1.54) is 4.90 Å². The third-order valence-corrected chi connectivity index (χ3v) is 5.65. The molecule has 1 fully saturated rings. The second-order valence-corrected chi connectivity index (χ2v) is 8.02. The van der Waals surface area contributed by atoms with E-state index in [9.17, 15) is 18.0 Å². The summed E-state index contributed by atoms with van der Waals surface area (Å²) in [6.45, 7) is 2.24. The van der Waals surface area contributed by atoms with Crippen molar-refractivity contribution in [3.63, 3.8) is 0 Å². The lowest BCUT2D eigenvalue weighted by atomic mass is 10.2. The Morgan fingerprint density at radius 2 is 1.92 bits per heavy atom. The van der Waals surface area contributed by atoms with E-state index in [1.54, 1.807) is 6.92 Å². The maximum Gasteiger partial charge on any atom is 0.242 e. The summed E-state index contributed by atoms with van der Waals surface area (Å²) in [4.78, 5) is 25.7. The largest absolute Gasteiger partial charge is 0.376 e. The number of amides is 2. The van der Waals surface area contributed by atoms with Crippen LogP contribution in [0.5, 0.6) is 0 Å². The zero-order valence-corrected chi connectivity index (χ0v) is 15.7. The van der Waals surface area contributed by atoms with Crippen molar-refractivity contribution in [2.75, 3.05) is 36.5 Å². The fraction of sp³-hybridized carbons (Fsp3) is 0.500. The molecule has 1 atom stereocenters. The van der Waals surface area contributed by atoms with Crippen LogP contribution in [0.1, 0.15) is 13.3 Å². The Morgan fingerprint density at radius 1 is 1.24 bits per heavy atom. The normalized spacial score (nSPS) is 18.0. The lowest BCUT2D eigenvalue weighted by Crippen LogP contribution is -2.45. The molecule has 1 aliphatic heterocycles. The topological polar surface area (TPSA) is 95.6 Å². The molecule has 2 rings (SSSR count). The number of halogens is 1. The van der Waals surface area contributed by atoms with Gasteiger partial charge in [-0.1, -0.05) is 18.2 Å². The molecule has 9 heteroatoms. The maximum atomic E-state index is 12.2. The molecule has 0 saturated carbocycles. The number of hydrogen-bond donors (Lipinski definition) is 2. The van der Waals surface area contributed by atoms with Crippen LogP contribution in [0.2, 0.25) is 0 Å². The average Bonchev–Trinajstić information content (AvgIpc) is 2.89. The Labute approximate surface area is 154 Å². The van der Waals surface area contributed by atoms with Gasteiger partial charge in [-0.15, -0.1) is 12.4 Å². The molecule has 1 aromatic rings. The standard InChI is InChI=1S/C16H23N3O4S.ClH/c1-2-19(16(21)10-17-13-6-4-3-5-7-13)11-15(20)18-14-8-9-24(22,23)12-14;/h3-7,14,17H,2,8-12H2,1H3,(H,18,20);1H. The Kier molecular flexibility index (Phi) is 8.18. The van der Waals surface area contributed by atoms with Gasteiger partial charge in [0, 0.05) is 18.3 Å². The highest BCUT2D eigenvalue weighted by atomic mass is 35.5. The number of carbonyl (C=O) groups is 2. The van der Waals surface area contributed by atoms with Gasteiger partial charge in [0.05, 0.1) is 24.6 Å². The predicted molar refractivity (Wildman–Crippen MR) is 99.6 cm³/mol. The van der Waals surface area contributed by atoms with Crippen molar-refractivity contribution in [2.24, 2.45) is 0 Å². The first kappa shape index (κ1) is 21.2. The Morgan fingerprint density at radius 3 is 2.48 bits per heavy atom. The minimum atomic E-state index is -3.04. The SMILES string of the molecule is CCN(CC(=O)NC1CCS(=O)(=O)C1)C(=O)CNc1ccccc1.Cl. The van der Waals surface area contributed by atoms with Gasteiger partial charge in [-0.05, 0) is 25.5 Å². The number of sulfone groups is 1. The van der Waals surface area contributed by atoms with E-state index >= 15 is 0 Å². The summed E-state index contributed by atoms with van der Waals surface area (Å²) < 4.78 is 22.8. The predicted octanol–water partition coefficient (Wildman–Crippen LogP) is 0.672. The zero-order chi connectivity index (χ0) is 17.6. The number of para-hydroxylation sites is 1. The van der Waals surface area contributed by atoms with Crippen molar-refractivity contribution < 1.29 is 18.0 Å². The van der Waals surface area contributed by atoms with Crippen LogP contribution in [0, 0.1) is 0 Å². The lowest BCUT2D eigenvalue weighted by molar-refractivity contribution is -0.134. The molecule has 0 aliphatic carbocycles. The smallest absolute Gasteiger partial charge is 0.242 e. The molecule has 1 unspecified atom stereocenters. The molecule has 2 N–H and O–H groups in total. The van der Waals surface area contributed by atoms with Crippen LogP contribution in [-0.2, 0) is 19.4 Å². The number of benzene rings is 1. The summed E-state index contributed by atoms with van der Waals surface area (Å²) in [5.74, 6) is -0.424. The summed E-state index contributed by atoms with van der Waals surface area (Å²) in [5, 5.41) is 5.71. The third kappa shape index (κ3) is 6.91. The molecule has 2 amide bonds. The second kappa shape index (κ2) is 9.62. The van der Waals surface area contributed by atoms with E-state index in [1.807, 2.05) is 30.3 Å². The van der Waals surface area contributed by atoms with Gasteiger partial charge < -0.3 is 15.5 Å². The number of nitrogens with one attached hydrogen (secondary N) is 2. The van der Waals surface area contributed by atoms with Crippen LogP contribution in [-0.4, -0.2) is 62.3 Å². The molecule has 1 aromatic carbocycles. The first-order valence-corrected chi connectivity index (χ1v) is 9.78. The summed E-state index contributed by atoms with van der Waals surface area (Å²) >= 11 is 0. The number of rotatable bonds is 7. The molecule has 25 heavy (non-hydrogen) atoms. The van der Waals surface area contributed by atoms with Crippen LogP contribution in [0.3, 0.4) is 0 Å². The van der Waals surface area contributed by atoms with Gasteiger partial charge in [0.25, 0.3) is 0 Å². The quantitative estimate of drug-likeness (QED) is 0.714. The van der Waals surface area contributed by atoms with E-state index in [0.29, 0.717) is 13.0 Å². The Bertz CT molecular complexity index is 682. The van der Waals surface area contributed by atoms with Gasteiger partial charge in [-0.3, -0.25) is 9.59 Å². The minimum absolute atomic E-state index is 0. The first-order chi connectivity index (χ1) is 11.4. The van der Waals surface area contributed by atoms with Gasteiger partial charge >= 0.3 is 0 Å². The van der Waals surface area contributed by atoms with E-state index in [4.69, 9.17) is 0 Å². The van der Waals surface area contributed by atoms with Crippen molar-refractivity contribution in [1.29, 1.82) is 0 Å². The molecule has 1 heterocycles. The highest BCUT2D eigenvalue weighted by Gasteiger charge is 2.29. The van der Waals surface area contributed by atoms with E-state index in [-0.39, 0.29) is 54.9 Å². The first-order valence-electron chi connectivity index (χ1n) is 7.96. The minimum Gasteiger partial charge on any atom is -0.376 e. The molecule has 0 bridgehead atoms. The highest BCUT2D eigenvalue weighted by molar-refractivity contribution is 7.91. The van der Waals surface area contributed by atoms with Gasteiger partial charge in [-0.2, -0.15) is 0 Å². The Balaban J connectivity index is 0.00000312. The van der Waals surface area contributed by atoms with Crippen molar-refractivity contribution in [2.45, 2.75) is 19.4 Å². The fourth-order valence-corrected chi connectivity index (χ4v) is 4.25. The van der Waals surface area contributed by atoms with Gasteiger partial charge in [0.15, 0.2) is 9.84 Å². The van der Waals surface area contributed by atoms with Gasteiger partial charge in [0.1, 0.15) is 0 Å². The average molecular weight is 390 g/mol. The number of likely N-dealkylation sites (N-methyl/N-ethyl adjacent to an activating group) is 1. The maximum absolute atomic E-state index is 12.2. The monoisotopic (exact) mass is 389 g/mol. The van der Waals surface area contributed by atoms with Crippen LogP contribution in [0.15, 0.2) is 30.3 Å². The molecule has 1 aliphatic rings. The fourth-order valence-electron chi connectivity index (χ4n) is 2.58. The molecule has 1 saturated heterocycles. The van der Waals surface area contributed by atoms with Crippen molar-refractivity contribution in [3.8, 4) is 0 Å². The molecule has 140 valence electrons. The molecule has 0 radical (unpaired) electrons. The number of carbonyl (C=O) groups excluding carboxylic acids is 2. The molecule has 0 spiro atoms. The van der Waals surface area contributed by atoms with E-state index in [2.05, 4.69) is 10.6 Å². The van der Waals surface area contributed by atoms with Crippen LogP contribution < -0.4 is 10.6 Å². The highest BCUT2D eigenvalue weighted by Crippen LogP contribution is 2.11. The molecule has 0 aromatic heterocycles. The number of hydrogen-bond acceptors (Lipinski definition) is 5. The van der Waals surface area contributed by atoms with Crippen LogP contribution in [0.25, 0.3) is 0 Å². The van der Waals surface area contributed by atoms with Crippen LogP contribution >= 0.6 is 12.4 Å². The zero-order valence-electron chi connectivity index (χ0n) is 14.1. The lowest BCUT2D eigenvalue weighted by Gasteiger charge is -2.22. The van der Waals surface area contributed by atoms with Crippen molar-refractivity contribution >= 4 is 39.7 Å². The molecule has 7 nitrogen and oxygen atoms in total. The van der Waals surface area contributed by atoms with Crippen LogP contribution in [0.4, 0.5) is 5.69 Å². The van der Waals surface area contributed by atoms with Crippen molar-refractivity contribution in [1.82, 2.24) is 10.2 Å². The molecular formula is C16H24ClN3O4S. The third-order valence-electron chi connectivity index (χ3n) is 3.88. The van der Waals surface area contributed by atoms with Crippen molar-refractivity contribution in [3.05, 3.63) is 30.3 Å². The Hall–Kier alpha value is -1.80. The molecular weight excluding hydrogens is 366 g/mol. The van der Waals surface area contributed by atoms with Gasteiger partial charge in [-0.25, -0.2) is 8.42 Å². The summed E-state index contributed by atoms with van der Waals surface area (Å²) in [6.07, 6.45) is 0.434. The van der Waals surface area contributed by atoms with Gasteiger partial charge in [0.2, 0.25) is 11.8 Å². The van der Waals surface area contributed by atoms with E-state index < -0.39 is 9.84 Å². The number of anilines is 1. The number of nitrogens with zero attached hydrogens (tertiary/aromatic N) is 1. The second-order valence-electron chi connectivity index (χ2n) is 5.79. The summed E-state index contributed by atoms with van der Waals surface area (Å²) in [6, 6.07) is 8.99.